The number of rotatable bonds is 3. The quantitative estimate of drug-likeness (QED) is 0.811. The molecule has 29 heavy (non-hydrogen) atoms. The maximum absolute atomic E-state index is 13.1. The lowest BCUT2D eigenvalue weighted by molar-refractivity contribution is -0.122. The van der Waals surface area contributed by atoms with Crippen LogP contribution in [0.4, 0.5) is 5.69 Å². The SMILES string of the molecule is CO[C@H]1CN(C)C(=O)c2ccc(NC(=O)C3CCC3)cc2OC[C@@H](C)NC[C@@H]1C. The maximum atomic E-state index is 13.1. The van der Waals surface area contributed by atoms with Crippen LogP contribution in [0, 0.1) is 11.8 Å². The van der Waals surface area contributed by atoms with Gasteiger partial charge in [-0.2, -0.15) is 0 Å². The predicted octanol–water partition coefficient (Wildman–Crippen LogP) is 2.52. The molecular weight excluding hydrogens is 370 g/mol. The summed E-state index contributed by atoms with van der Waals surface area (Å²) in [6, 6.07) is 5.38. The summed E-state index contributed by atoms with van der Waals surface area (Å²) in [5.41, 5.74) is 1.15. The number of hydrogen-bond donors (Lipinski definition) is 2. The Morgan fingerprint density at radius 3 is 2.72 bits per heavy atom. The summed E-state index contributed by atoms with van der Waals surface area (Å²) in [6.45, 7) is 5.86. The zero-order chi connectivity index (χ0) is 21.0. The zero-order valence-electron chi connectivity index (χ0n) is 17.9. The van der Waals surface area contributed by atoms with Crippen LogP contribution in [-0.2, 0) is 9.53 Å². The zero-order valence-corrected chi connectivity index (χ0v) is 17.9. The number of amides is 2. The highest BCUT2D eigenvalue weighted by atomic mass is 16.5. The van der Waals surface area contributed by atoms with Gasteiger partial charge in [0.1, 0.15) is 12.4 Å². The number of benzene rings is 1. The van der Waals surface area contributed by atoms with E-state index in [0.29, 0.717) is 30.2 Å². The third-order valence-electron chi connectivity index (χ3n) is 5.97. The first-order valence-corrected chi connectivity index (χ1v) is 10.5. The average Bonchev–Trinajstić information content (AvgIpc) is 2.65. The molecule has 7 heteroatoms. The van der Waals surface area contributed by atoms with Crippen molar-refractivity contribution >= 4 is 17.5 Å². The Morgan fingerprint density at radius 1 is 1.31 bits per heavy atom. The summed E-state index contributed by atoms with van der Waals surface area (Å²) < 4.78 is 11.6. The number of methoxy groups -OCH3 is 1. The van der Waals surface area contributed by atoms with E-state index < -0.39 is 0 Å². The van der Waals surface area contributed by atoms with E-state index in [9.17, 15) is 9.59 Å². The van der Waals surface area contributed by atoms with Gasteiger partial charge < -0.3 is 25.0 Å². The van der Waals surface area contributed by atoms with Crippen molar-refractivity contribution in [1.82, 2.24) is 10.2 Å². The number of anilines is 1. The molecule has 0 bridgehead atoms. The van der Waals surface area contributed by atoms with Gasteiger partial charge in [0, 0.05) is 51.0 Å². The molecule has 0 unspecified atom stereocenters. The van der Waals surface area contributed by atoms with E-state index >= 15 is 0 Å². The van der Waals surface area contributed by atoms with Crippen molar-refractivity contribution in [2.45, 2.75) is 45.3 Å². The fourth-order valence-electron chi connectivity index (χ4n) is 3.65. The van der Waals surface area contributed by atoms with Gasteiger partial charge in [0.2, 0.25) is 5.91 Å². The van der Waals surface area contributed by atoms with Crippen LogP contribution in [0.2, 0.25) is 0 Å². The Bertz CT molecular complexity index is 735. The highest BCUT2D eigenvalue weighted by Crippen LogP contribution is 2.30. The molecule has 7 nitrogen and oxygen atoms in total. The third kappa shape index (κ3) is 5.28. The molecule has 0 spiro atoms. The Kier molecular flexibility index (Phi) is 7.14. The first-order chi connectivity index (χ1) is 13.9. The molecular formula is C22H33N3O4. The molecule has 0 aromatic heterocycles. The molecule has 160 valence electrons. The summed E-state index contributed by atoms with van der Waals surface area (Å²) in [5.74, 6) is 0.763. The summed E-state index contributed by atoms with van der Waals surface area (Å²) in [6.07, 6.45) is 2.93. The molecule has 3 atom stereocenters. The van der Waals surface area contributed by atoms with Crippen molar-refractivity contribution < 1.29 is 19.1 Å². The first kappa shape index (κ1) is 21.6. The monoisotopic (exact) mass is 403 g/mol. The molecule has 2 aliphatic rings. The minimum absolute atomic E-state index is 0.0414. The van der Waals surface area contributed by atoms with Crippen LogP contribution < -0.4 is 15.4 Å². The minimum atomic E-state index is -0.118. The fourth-order valence-corrected chi connectivity index (χ4v) is 3.65. The van der Waals surface area contributed by atoms with E-state index in [0.717, 1.165) is 25.8 Å². The average molecular weight is 404 g/mol. The molecule has 0 radical (unpaired) electrons. The summed E-state index contributed by atoms with van der Waals surface area (Å²) in [7, 11) is 3.46. The van der Waals surface area contributed by atoms with Crippen molar-refractivity contribution in [2.75, 3.05) is 39.2 Å². The maximum Gasteiger partial charge on any atom is 0.257 e. The summed E-state index contributed by atoms with van der Waals surface area (Å²) in [4.78, 5) is 27.0. The first-order valence-electron chi connectivity index (χ1n) is 10.5. The number of hydrogen-bond acceptors (Lipinski definition) is 5. The van der Waals surface area contributed by atoms with Gasteiger partial charge in [0.25, 0.3) is 5.91 Å². The van der Waals surface area contributed by atoms with Gasteiger partial charge in [-0.3, -0.25) is 9.59 Å². The largest absolute Gasteiger partial charge is 0.491 e. The third-order valence-corrected chi connectivity index (χ3v) is 5.97. The molecule has 1 aromatic carbocycles. The van der Waals surface area contributed by atoms with E-state index in [1.165, 1.54) is 0 Å². The van der Waals surface area contributed by atoms with Crippen molar-refractivity contribution in [1.29, 1.82) is 0 Å². The lowest BCUT2D eigenvalue weighted by Gasteiger charge is -2.30. The highest BCUT2D eigenvalue weighted by molar-refractivity contribution is 5.99. The molecule has 2 N–H and O–H groups in total. The standard InChI is InChI=1S/C22H33N3O4/c1-14-11-23-15(2)13-29-19-10-17(24-21(26)16-6-5-7-16)8-9-18(19)22(27)25(3)12-20(14)28-4/h8-10,14-16,20,23H,5-7,11-13H2,1-4H3,(H,24,26)/t14-,15+,20-/m0/s1. The van der Waals surface area contributed by atoms with Gasteiger partial charge in [-0.15, -0.1) is 0 Å². The summed E-state index contributed by atoms with van der Waals surface area (Å²) in [5, 5.41) is 6.43. The molecule has 1 heterocycles. The van der Waals surface area contributed by atoms with Crippen LogP contribution in [0.25, 0.3) is 0 Å². The number of carbonyl (C=O) groups excluding carboxylic acids is 2. The van der Waals surface area contributed by atoms with Crippen LogP contribution in [0.5, 0.6) is 5.75 Å². The van der Waals surface area contributed by atoms with E-state index in [1.54, 1.807) is 37.3 Å². The number of nitrogens with zero attached hydrogens (tertiary/aromatic N) is 1. The Hall–Kier alpha value is -2.12. The topological polar surface area (TPSA) is 79.9 Å². The fraction of sp³-hybridized carbons (Fsp3) is 0.636. The van der Waals surface area contributed by atoms with Crippen LogP contribution in [0.3, 0.4) is 0 Å². The normalized spacial score (nSPS) is 26.4. The van der Waals surface area contributed by atoms with Crippen molar-refractivity contribution in [2.24, 2.45) is 11.8 Å². The van der Waals surface area contributed by atoms with Crippen molar-refractivity contribution in [3.63, 3.8) is 0 Å². The van der Waals surface area contributed by atoms with Crippen molar-refractivity contribution in [3.05, 3.63) is 23.8 Å². The lowest BCUT2D eigenvalue weighted by Crippen LogP contribution is -2.44. The van der Waals surface area contributed by atoms with Gasteiger partial charge in [0.15, 0.2) is 0 Å². The minimum Gasteiger partial charge on any atom is -0.491 e. The summed E-state index contributed by atoms with van der Waals surface area (Å²) >= 11 is 0. The van der Waals surface area contributed by atoms with E-state index in [4.69, 9.17) is 9.47 Å². The van der Waals surface area contributed by atoms with Gasteiger partial charge >= 0.3 is 0 Å². The Balaban J connectivity index is 1.84. The van der Waals surface area contributed by atoms with Crippen LogP contribution in [0.1, 0.15) is 43.5 Å². The van der Waals surface area contributed by atoms with Crippen LogP contribution in [-0.4, -0.2) is 62.7 Å². The second-order valence-corrected chi connectivity index (χ2v) is 8.39. The molecule has 2 amide bonds. The molecule has 1 aliphatic heterocycles. The molecule has 1 aromatic rings. The second kappa shape index (κ2) is 9.59. The van der Waals surface area contributed by atoms with Crippen LogP contribution in [0.15, 0.2) is 18.2 Å². The van der Waals surface area contributed by atoms with E-state index in [1.807, 2.05) is 0 Å². The van der Waals surface area contributed by atoms with E-state index in [2.05, 4.69) is 24.5 Å². The van der Waals surface area contributed by atoms with Gasteiger partial charge in [-0.1, -0.05) is 13.3 Å². The lowest BCUT2D eigenvalue weighted by atomic mass is 9.85. The van der Waals surface area contributed by atoms with Gasteiger partial charge in [-0.25, -0.2) is 0 Å². The second-order valence-electron chi connectivity index (χ2n) is 8.39. The van der Waals surface area contributed by atoms with Gasteiger partial charge in [-0.05, 0) is 37.8 Å². The molecule has 1 aliphatic carbocycles. The molecule has 1 fully saturated rings. The Morgan fingerprint density at radius 2 is 2.07 bits per heavy atom. The molecule has 0 saturated heterocycles. The number of carbonyl (C=O) groups is 2. The van der Waals surface area contributed by atoms with Crippen LogP contribution >= 0.6 is 0 Å². The number of nitrogens with one attached hydrogen (secondary N) is 2. The number of fused-ring (bicyclic) bond motifs is 1. The predicted molar refractivity (Wildman–Crippen MR) is 112 cm³/mol. The smallest absolute Gasteiger partial charge is 0.257 e. The van der Waals surface area contributed by atoms with Crippen molar-refractivity contribution in [3.8, 4) is 5.75 Å². The number of ether oxygens (including phenoxy) is 2. The molecule has 3 rings (SSSR count). The van der Waals surface area contributed by atoms with Gasteiger partial charge in [0.05, 0.1) is 11.7 Å². The Labute approximate surface area is 173 Å². The number of likely N-dealkylation sites (N-methyl/N-ethyl adjacent to an activating group) is 1. The van der Waals surface area contributed by atoms with E-state index in [-0.39, 0.29) is 35.8 Å². The molecule has 1 saturated carbocycles. The highest BCUT2D eigenvalue weighted by Gasteiger charge is 2.27.